The summed E-state index contributed by atoms with van der Waals surface area (Å²) in [5.41, 5.74) is 0.300. The molecule has 1 atom stereocenters. The lowest BCUT2D eigenvalue weighted by Gasteiger charge is -2.34. The fourth-order valence-electron chi connectivity index (χ4n) is 2.48. The number of hydrogen-bond acceptors (Lipinski definition) is 1. The lowest BCUT2D eigenvalue weighted by atomic mass is 9.94. The summed E-state index contributed by atoms with van der Waals surface area (Å²) in [4.78, 5) is 2.66. The van der Waals surface area contributed by atoms with Crippen molar-refractivity contribution in [3.05, 3.63) is 29.8 Å². The lowest BCUT2D eigenvalue weighted by molar-refractivity contribution is -0.137. The minimum Gasteiger partial charge on any atom is -0.372 e. The first-order valence-corrected chi connectivity index (χ1v) is 7.36. The number of halogens is 4. The summed E-state index contributed by atoms with van der Waals surface area (Å²) < 4.78 is 37.4. The van der Waals surface area contributed by atoms with Gasteiger partial charge in [-0.15, -0.1) is 0 Å². The number of nitrogens with zero attached hydrogens (tertiary/aromatic N) is 1. The van der Waals surface area contributed by atoms with Crippen LogP contribution in [0.3, 0.4) is 0 Å². The number of rotatable bonds is 2. The summed E-state index contributed by atoms with van der Waals surface area (Å²) in [6, 6.07) is 5.46. The van der Waals surface area contributed by atoms with E-state index < -0.39 is 11.7 Å². The third-order valence-corrected chi connectivity index (χ3v) is 4.50. The molecule has 1 aliphatic heterocycles. The third-order valence-electron chi connectivity index (χ3n) is 3.75. The minimum absolute atomic E-state index is 0.502. The van der Waals surface area contributed by atoms with Crippen molar-refractivity contribution >= 4 is 21.6 Å². The molecule has 1 aromatic rings. The second kappa shape index (κ2) is 5.73. The SMILES string of the molecule is CC(Br)C1CCN(c2ccc(C(F)(F)F)cc2)CC1. The van der Waals surface area contributed by atoms with Crippen LogP contribution in [0.2, 0.25) is 0 Å². The second-order valence-electron chi connectivity index (χ2n) is 5.05. The average molecular weight is 336 g/mol. The molecule has 1 heterocycles. The molecular formula is C14H17BrF3N. The highest BCUT2D eigenvalue weighted by Gasteiger charge is 2.30. The topological polar surface area (TPSA) is 3.24 Å². The van der Waals surface area contributed by atoms with E-state index in [4.69, 9.17) is 0 Å². The lowest BCUT2D eigenvalue weighted by Crippen LogP contribution is -2.35. The van der Waals surface area contributed by atoms with Crippen LogP contribution in [-0.2, 0) is 6.18 Å². The van der Waals surface area contributed by atoms with E-state index in [1.807, 2.05) is 0 Å². The van der Waals surface area contributed by atoms with Crippen molar-refractivity contribution in [1.82, 2.24) is 0 Å². The highest BCUT2D eigenvalue weighted by atomic mass is 79.9. The van der Waals surface area contributed by atoms with Crippen molar-refractivity contribution in [2.75, 3.05) is 18.0 Å². The van der Waals surface area contributed by atoms with E-state index in [1.165, 1.54) is 0 Å². The third kappa shape index (κ3) is 3.65. The maximum Gasteiger partial charge on any atom is 0.416 e. The number of alkyl halides is 4. The number of anilines is 1. The van der Waals surface area contributed by atoms with Gasteiger partial charge in [-0.25, -0.2) is 0 Å². The van der Waals surface area contributed by atoms with Crippen LogP contribution in [-0.4, -0.2) is 17.9 Å². The van der Waals surface area contributed by atoms with Crippen LogP contribution in [0.25, 0.3) is 0 Å². The Morgan fingerprint density at radius 1 is 1.16 bits per heavy atom. The van der Waals surface area contributed by atoms with Gasteiger partial charge in [-0.05, 0) is 43.0 Å². The van der Waals surface area contributed by atoms with Gasteiger partial charge in [0.1, 0.15) is 0 Å². The quantitative estimate of drug-likeness (QED) is 0.708. The molecule has 1 fully saturated rings. The van der Waals surface area contributed by atoms with E-state index >= 15 is 0 Å². The molecule has 0 aliphatic carbocycles. The zero-order valence-electron chi connectivity index (χ0n) is 10.8. The Morgan fingerprint density at radius 3 is 2.11 bits per heavy atom. The summed E-state index contributed by atoms with van der Waals surface area (Å²) in [5.74, 6) is 0.658. The van der Waals surface area contributed by atoms with Crippen molar-refractivity contribution < 1.29 is 13.2 Å². The fourth-order valence-corrected chi connectivity index (χ4v) is 3.01. The first-order valence-electron chi connectivity index (χ1n) is 6.44. The van der Waals surface area contributed by atoms with E-state index in [-0.39, 0.29) is 0 Å². The molecule has 5 heteroatoms. The Balaban J connectivity index is 2.00. The zero-order valence-corrected chi connectivity index (χ0v) is 12.3. The normalized spacial score (nSPS) is 19.5. The Bertz CT molecular complexity index is 406. The second-order valence-corrected chi connectivity index (χ2v) is 6.49. The predicted molar refractivity (Wildman–Crippen MR) is 74.8 cm³/mol. The molecule has 106 valence electrons. The van der Waals surface area contributed by atoms with Crippen LogP contribution in [0.4, 0.5) is 18.9 Å². The van der Waals surface area contributed by atoms with Gasteiger partial charge >= 0.3 is 6.18 Å². The van der Waals surface area contributed by atoms with E-state index in [9.17, 15) is 13.2 Å². The van der Waals surface area contributed by atoms with Gasteiger partial charge in [0.25, 0.3) is 0 Å². The molecule has 0 saturated carbocycles. The van der Waals surface area contributed by atoms with Crippen LogP contribution in [0.15, 0.2) is 24.3 Å². The molecule has 2 rings (SSSR count). The summed E-state index contributed by atoms with van der Waals surface area (Å²) in [5, 5.41) is 0. The molecule has 1 aromatic carbocycles. The molecule has 0 N–H and O–H groups in total. The highest BCUT2D eigenvalue weighted by Crippen LogP contribution is 2.32. The van der Waals surface area contributed by atoms with E-state index in [0.29, 0.717) is 10.7 Å². The molecule has 0 spiro atoms. The molecule has 19 heavy (non-hydrogen) atoms. The fraction of sp³-hybridized carbons (Fsp3) is 0.571. The van der Waals surface area contributed by atoms with Crippen molar-refractivity contribution in [3.8, 4) is 0 Å². The molecule has 0 bridgehead atoms. The Hall–Kier alpha value is -0.710. The summed E-state index contributed by atoms with van der Waals surface area (Å²) in [6.45, 7) is 3.97. The molecule has 0 amide bonds. The van der Waals surface area contributed by atoms with Gasteiger partial charge in [-0.2, -0.15) is 13.2 Å². The van der Waals surface area contributed by atoms with Gasteiger partial charge in [0.15, 0.2) is 0 Å². The van der Waals surface area contributed by atoms with Gasteiger partial charge in [0, 0.05) is 23.6 Å². The number of hydrogen-bond donors (Lipinski definition) is 0. The smallest absolute Gasteiger partial charge is 0.372 e. The van der Waals surface area contributed by atoms with Crippen molar-refractivity contribution in [2.24, 2.45) is 5.92 Å². The van der Waals surface area contributed by atoms with Crippen LogP contribution in [0.1, 0.15) is 25.3 Å². The van der Waals surface area contributed by atoms with Crippen molar-refractivity contribution in [2.45, 2.75) is 30.8 Å². The summed E-state index contributed by atoms with van der Waals surface area (Å²) >= 11 is 3.60. The van der Waals surface area contributed by atoms with Gasteiger partial charge in [-0.3, -0.25) is 0 Å². The summed E-state index contributed by atoms with van der Waals surface area (Å²) in [7, 11) is 0. The van der Waals surface area contributed by atoms with Gasteiger partial charge in [0.2, 0.25) is 0 Å². The van der Waals surface area contributed by atoms with E-state index in [0.717, 1.165) is 43.8 Å². The molecular weight excluding hydrogens is 319 g/mol. The Labute approximate surface area is 119 Å². The number of benzene rings is 1. The van der Waals surface area contributed by atoms with Crippen LogP contribution in [0, 0.1) is 5.92 Å². The Morgan fingerprint density at radius 2 is 1.68 bits per heavy atom. The zero-order chi connectivity index (χ0) is 14.0. The standard InChI is InChI=1S/C14H17BrF3N/c1-10(15)11-6-8-19(9-7-11)13-4-2-12(3-5-13)14(16,17)18/h2-5,10-11H,6-9H2,1H3. The first kappa shape index (κ1) is 14.7. The molecule has 0 radical (unpaired) electrons. The average Bonchev–Trinajstić information content (AvgIpc) is 2.38. The van der Waals surface area contributed by atoms with Gasteiger partial charge in [0.05, 0.1) is 5.56 Å². The van der Waals surface area contributed by atoms with E-state index in [2.05, 4.69) is 27.8 Å². The maximum atomic E-state index is 12.5. The van der Waals surface area contributed by atoms with Crippen molar-refractivity contribution in [1.29, 1.82) is 0 Å². The molecule has 1 nitrogen and oxygen atoms in total. The van der Waals surface area contributed by atoms with E-state index in [1.54, 1.807) is 12.1 Å². The molecule has 0 aromatic heterocycles. The predicted octanol–water partition coefficient (Wildman–Crippen LogP) is 4.71. The first-order chi connectivity index (χ1) is 8.88. The number of piperidine rings is 1. The van der Waals surface area contributed by atoms with Crippen LogP contribution < -0.4 is 4.90 Å². The minimum atomic E-state index is -4.25. The Kier molecular flexibility index (Phi) is 4.43. The monoisotopic (exact) mass is 335 g/mol. The van der Waals surface area contributed by atoms with Crippen LogP contribution in [0.5, 0.6) is 0 Å². The van der Waals surface area contributed by atoms with Crippen molar-refractivity contribution in [3.63, 3.8) is 0 Å². The highest BCUT2D eigenvalue weighted by molar-refractivity contribution is 9.09. The van der Waals surface area contributed by atoms with Crippen LogP contribution >= 0.6 is 15.9 Å². The molecule has 1 aliphatic rings. The summed E-state index contributed by atoms with van der Waals surface area (Å²) in [6.07, 6.45) is -2.10. The largest absolute Gasteiger partial charge is 0.416 e. The molecule has 1 unspecified atom stereocenters. The maximum absolute atomic E-state index is 12.5. The molecule has 1 saturated heterocycles. The van der Waals surface area contributed by atoms with Gasteiger partial charge in [-0.1, -0.05) is 22.9 Å². The van der Waals surface area contributed by atoms with Gasteiger partial charge < -0.3 is 4.90 Å².